The van der Waals surface area contributed by atoms with Crippen molar-refractivity contribution >= 4 is 33.4 Å². The molecule has 0 spiro atoms. The minimum atomic E-state index is -3.38. The Bertz CT molecular complexity index is 997. The Labute approximate surface area is 170 Å². The summed E-state index contributed by atoms with van der Waals surface area (Å²) in [5, 5.41) is 5.35. The summed E-state index contributed by atoms with van der Waals surface area (Å²) in [6.45, 7) is 5.49. The van der Waals surface area contributed by atoms with E-state index in [2.05, 4.69) is 15.4 Å². The van der Waals surface area contributed by atoms with Gasteiger partial charge in [-0.25, -0.2) is 13.2 Å². The van der Waals surface area contributed by atoms with E-state index in [4.69, 9.17) is 4.74 Å². The molecule has 0 aliphatic carbocycles. The number of anilines is 2. The van der Waals surface area contributed by atoms with Crippen molar-refractivity contribution < 1.29 is 22.7 Å². The van der Waals surface area contributed by atoms with Crippen LogP contribution in [-0.4, -0.2) is 32.3 Å². The predicted octanol–water partition coefficient (Wildman–Crippen LogP) is 3.34. The number of rotatable bonds is 6. The van der Waals surface area contributed by atoms with Crippen LogP contribution in [0.4, 0.5) is 16.2 Å². The number of carbonyl (C=O) groups excluding carboxylic acids is 2. The number of sulfonamides is 1. The Kier molecular flexibility index (Phi) is 6.86. The second-order valence-corrected chi connectivity index (χ2v) is 9.21. The summed E-state index contributed by atoms with van der Waals surface area (Å²) in [4.78, 5) is 24.3. The van der Waals surface area contributed by atoms with Crippen molar-refractivity contribution in [2.45, 2.75) is 32.9 Å². The van der Waals surface area contributed by atoms with Gasteiger partial charge in [-0.15, -0.1) is 0 Å². The molecule has 2 rings (SSSR count). The minimum absolute atomic E-state index is 0.210. The average Bonchev–Trinajstić information content (AvgIpc) is 2.57. The number of ether oxygens (including phenoxy) is 1. The molecule has 29 heavy (non-hydrogen) atoms. The molecule has 8 nitrogen and oxygen atoms in total. The first kappa shape index (κ1) is 22.2. The van der Waals surface area contributed by atoms with Crippen LogP contribution in [0.3, 0.4) is 0 Å². The molecule has 0 aliphatic heterocycles. The summed E-state index contributed by atoms with van der Waals surface area (Å²) in [5.41, 5.74) is 1.33. The molecular formula is C20H25N3O5S. The van der Waals surface area contributed by atoms with Gasteiger partial charge in [0.15, 0.2) is 0 Å². The van der Waals surface area contributed by atoms with Crippen LogP contribution in [0.15, 0.2) is 48.5 Å². The summed E-state index contributed by atoms with van der Waals surface area (Å²) in [6, 6.07) is 13.2. The summed E-state index contributed by atoms with van der Waals surface area (Å²) in [5.74, 6) is -0.334. The highest BCUT2D eigenvalue weighted by atomic mass is 32.2. The van der Waals surface area contributed by atoms with Gasteiger partial charge in [0.1, 0.15) is 5.60 Å². The quantitative estimate of drug-likeness (QED) is 0.665. The van der Waals surface area contributed by atoms with E-state index in [-0.39, 0.29) is 12.5 Å². The third-order valence-corrected chi connectivity index (χ3v) is 4.06. The van der Waals surface area contributed by atoms with Crippen molar-refractivity contribution in [3.8, 4) is 0 Å². The molecule has 0 aromatic heterocycles. The standard InChI is InChI=1S/C20H25N3O5S/c1-20(2,3)28-19(25)22-16-9-6-8-15(12-16)18(24)21-13-14-7-5-10-17(11-14)23-29(4,26)27/h5-12,23H,13H2,1-4H3,(H,21,24)(H,22,25). The molecule has 2 aromatic rings. The second-order valence-electron chi connectivity index (χ2n) is 7.46. The topological polar surface area (TPSA) is 114 Å². The molecule has 3 N–H and O–H groups in total. The van der Waals surface area contributed by atoms with Gasteiger partial charge >= 0.3 is 6.09 Å². The van der Waals surface area contributed by atoms with Crippen molar-refractivity contribution in [2.24, 2.45) is 0 Å². The van der Waals surface area contributed by atoms with Crippen LogP contribution in [0.5, 0.6) is 0 Å². The van der Waals surface area contributed by atoms with Gasteiger partial charge in [-0.05, 0) is 56.7 Å². The number of amides is 2. The van der Waals surface area contributed by atoms with E-state index in [9.17, 15) is 18.0 Å². The van der Waals surface area contributed by atoms with E-state index in [1.54, 1.807) is 69.3 Å². The van der Waals surface area contributed by atoms with Crippen LogP contribution in [-0.2, 0) is 21.3 Å². The fraction of sp³-hybridized carbons (Fsp3) is 0.300. The lowest BCUT2D eigenvalue weighted by atomic mass is 10.1. The van der Waals surface area contributed by atoms with Gasteiger partial charge in [-0.1, -0.05) is 18.2 Å². The van der Waals surface area contributed by atoms with Crippen LogP contribution >= 0.6 is 0 Å². The molecule has 9 heteroatoms. The largest absolute Gasteiger partial charge is 0.444 e. The summed E-state index contributed by atoms with van der Waals surface area (Å²) < 4.78 is 30.2. The SMILES string of the molecule is CC(C)(C)OC(=O)Nc1cccc(C(=O)NCc2cccc(NS(C)(=O)=O)c2)c1. The smallest absolute Gasteiger partial charge is 0.412 e. The van der Waals surface area contributed by atoms with Crippen LogP contribution in [0, 0.1) is 0 Å². The number of hydrogen-bond acceptors (Lipinski definition) is 5. The van der Waals surface area contributed by atoms with Crippen molar-refractivity contribution in [3.05, 3.63) is 59.7 Å². The monoisotopic (exact) mass is 419 g/mol. The van der Waals surface area contributed by atoms with Gasteiger partial charge in [0, 0.05) is 23.5 Å². The van der Waals surface area contributed by atoms with E-state index < -0.39 is 21.7 Å². The molecule has 0 bridgehead atoms. The van der Waals surface area contributed by atoms with E-state index >= 15 is 0 Å². The van der Waals surface area contributed by atoms with Crippen LogP contribution in [0.25, 0.3) is 0 Å². The number of hydrogen-bond donors (Lipinski definition) is 3. The average molecular weight is 420 g/mol. The molecule has 0 saturated heterocycles. The predicted molar refractivity (Wildman–Crippen MR) is 112 cm³/mol. The summed E-state index contributed by atoms with van der Waals surface area (Å²) in [7, 11) is -3.38. The van der Waals surface area contributed by atoms with E-state index in [0.717, 1.165) is 11.8 Å². The first-order valence-electron chi connectivity index (χ1n) is 8.86. The van der Waals surface area contributed by atoms with Crippen molar-refractivity contribution in [2.75, 3.05) is 16.3 Å². The first-order valence-corrected chi connectivity index (χ1v) is 10.8. The van der Waals surface area contributed by atoms with Crippen LogP contribution in [0.1, 0.15) is 36.7 Å². The summed E-state index contributed by atoms with van der Waals surface area (Å²) >= 11 is 0. The van der Waals surface area contributed by atoms with Gasteiger partial charge in [0.05, 0.1) is 6.26 Å². The van der Waals surface area contributed by atoms with Crippen molar-refractivity contribution in [1.29, 1.82) is 0 Å². The lowest BCUT2D eigenvalue weighted by Gasteiger charge is -2.19. The zero-order chi connectivity index (χ0) is 21.7. The lowest BCUT2D eigenvalue weighted by molar-refractivity contribution is 0.0635. The maximum absolute atomic E-state index is 12.4. The van der Waals surface area contributed by atoms with Gasteiger partial charge in [-0.2, -0.15) is 0 Å². The molecule has 0 unspecified atom stereocenters. The molecule has 0 radical (unpaired) electrons. The zero-order valence-corrected chi connectivity index (χ0v) is 17.6. The lowest BCUT2D eigenvalue weighted by Crippen LogP contribution is -2.27. The highest BCUT2D eigenvalue weighted by molar-refractivity contribution is 7.92. The Balaban J connectivity index is 1.99. The Morgan fingerprint density at radius 1 is 1.00 bits per heavy atom. The fourth-order valence-corrected chi connectivity index (χ4v) is 2.96. The van der Waals surface area contributed by atoms with E-state index in [1.165, 1.54) is 0 Å². The Morgan fingerprint density at radius 3 is 2.31 bits per heavy atom. The molecule has 0 saturated carbocycles. The highest BCUT2D eigenvalue weighted by Crippen LogP contribution is 2.15. The molecule has 0 aliphatic rings. The van der Waals surface area contributed by atoms with E-state index in [0.29, 0.717) is 16.9 Å². The molecule has 0 fully saturated rings. The minimum Gasteiger partial charge on any atom is -0.444 e. The third-order valence-electron chi connectivity index (χ3n) is 3.45. The summed E-state index contributed by atoms with van der Waals surface area (Å²) in [6.07, 6.45) is 0.463. The molecule has 2 aromatic carbocycles. The molecule has 0 heterocycles. The molecular weight excluding hydrogens is 394 g/mol. The zero-order valence-electron chi connectivity index (χ0n) is 16.8. The van der Waals surface area contributed by atoms with Gasteiger partial charge in [0.2, 0.25) is 10.0 Å². The number of benzene rings is 2. The van der Waals surface area contributed by atoms with Crippen LogP contribution in [0.2, 0.25) is 0 Å². The highest BCUT2D eigenvalue weighted by Gasteiger charge is 2.16. The van der Waals surface area contributed by atoms with Gasteiger partial charge < -0.3 is 10.1 Å². The Morgan fingerprint density at radius 2 is 1.66 bits per heavy atom. The van der Waals surface area contributed by atoms with E-state index in [1.807, 2.05) is 0 Å². The first-order chi connectivity index (χ1) is 13.4. The maximum atomic E-state index is 12.4. The third kappa shape index (κ3) is 8.22. The number of carbonyl (C=O) groups is 2. The number of nitrogens with one attached hydrogen (secondary N) is 3. The molecule has 2 amide bonds. The Hall–Kier alpha value is -3.07. The van der Waals surface area contributed by atoms with Crippen molar-refractivity contribution in [1.82, 2.24) is 5.32 Å². The fourth-order valence-electron chi connectivity index (χ4n) is 2.40. The van der Waals surface area contributed by atoms with Gasteiger partial charge in [-0.3, -0.25) is 14.8 Å². The molecule has 156 valence electrons. The van der Waals surface area contributed by atoms with Crippen molar-refractivity contribution in [3.63, 3.8) is 0 Å². The second kappa shape index (κ2) is 8.95. The van der Waals surface area contributed by atoms with Crippen LogP contribution < -0.4 is 15.4 Å². The normalized spacial score (nSPS) is 11.4. The maximum Gasteiger partial charge on any atom is 0.412 e. The van der Waals surface area contributed by atoms with Gasteiger partial charge in [0.25, 0.3) is 5.91 Å². The molecule has 0 atom stereocenters.